The Morgan fingerprint density at radius 3 is 2.82 bits per heavy atom. The van der Waals surface area contributed by atoms with E-state index in [1.807, 2.05) is 27.1 Å². The van der Waals surface area contributed by atoms with Crippen molar-refractivity contribution in [3.8, 4) is 0 Å². The topological polar surface area (TPSA) is 72.0 Å². The summed E-state index contributed by atoms with van der Waals surface area (Å²) in [4.78, 5) is 2.16. The van der Waals surface area contributed by atoms with E-state index < -0.39 is 5.60 Å². The van der Waals surface area contributed by atoms with Gasteiger partial charge in [0.05, 0.1) is 23.1 Å². The Morgan fingerprint density at radius 1 is 1.45 bits per heavy atom. The largest absolute Gasteiger partial charge is 0.382 e. The van der Waals surface area contributed by atoms with Crippen LogP contribution in [0.15, 0.2) is 12.4 Å². The third-order valence-electron chi connectivity index (χ3n) is 4.23. The van der Waals surface area contributed by atoms with Crippen molar-refractivity contribution in [3.05, 3.63) is 28.8 Å². The van der Waals surface area contributed by atoms with Crippen molar-refractivity contribution in [1.82, 2.24) is 29.7 Å². The van der Waals surface area contributed by atoms with E-state index in [1.165, 1.54) is 0 Å². The van der Waals surface area contributed by atoms with Gasteiger partial charge in [0.25, 0.3) is 0 Å². The first-order chi connectivity index (χ1) is 10.4. The maximum absolute atomic E-state index is 10.9. The van der Waals surface area contributed by atoms with Crippen LogP contribution in [0.1, 0.15) is 37.7 Å². The van der Waals surface area contributed by atoms with Crippen molar-refractivity contribution in [3.63, 3.8) is 0 Å². The zero-order valence-electron chi connectivity index (χ0n) is 13.1. The molecule has 0 amide bonds. The minimum atomic E-state index is -0.946. The molecule has 2 aromatic rings. The summed E-state index contributed by atoms with van der Waals surface area (Å²) in [6, 6.07) is 0.232. The van der Waals surface area contributed by atoms with Gasteiger partial charge in [-0.2, -0.15) is 5.10 Å². The molecule has 0 spiro atoms. The summed E-state index contributed by atoms with van der Waals surface area (Å²) in [6.45, 7) is 6.04. The Labute approximate surface area is 134 Å². The molecule has 3 heterocycles. The van der Waals surface area contributed by atoms with Crippen LogP contribution in [-0.2, 0) is 19.2 Å². The molecule has 1 fully saturated rings. The molecule has 1 N–H and O–H groups in total. The van der Waals surface area contributed by atoms with Gasteiger partial charge in [-0.1, -0.05) is 16.8 Å². The maximum Gasteiger partial charge on any atom is 0.124 e. The quantitative estimate of drug-likeness (QED) is 0.919. The molecule has 120 valence electrons. The summed E-state index contributed by atoms with van der Waals surface area (Å²) >= 11 is 6.15. The molecule has 1 aliphatic rings. The summed E-state index contributed by atoms with van der Waals surface area (Å²) in [5.41, 5.74) is 0.648. The highest BCUT2D eigenvalue weighted by Crippen LogP contribution is 2.32. The Kier molecular flexibility index (Phi) is 3.96. The number of β-amino-alcohol motifs (C(OH)–C–C–N with tert-alkyl or cyclic N) is 1. The predicted molar refractivity (Wildman–Crippen MR) is 82.4 cm³/mol. The number of aliphatic hydroxyl groups is 1. The molecule has 3 rings (SSSR count). The fourth-order valence-corrected chi connectivity index (χ4v) is 3.01. The van der Waals surface area contributed by atoms with Gasteiger partial charge in [-0.15, -0.1) is 5.10 Å². The second kappa shape index (κ2) is 5.64. The van der Waals surface area contributed by atoms with Crippen molar-refractivity contribution in [2.45, 2.75) is 38.5 Å². The van der Waals surface area contributed by atoms with E-state index in [4.69, 9.17) is 11.6 Å². The van der Waals surface area contributed by atoms with Crippen molar-refractivity contribution in [1.29, 1.82) is 0 Å². The van der Waals surface area contributed by atoms with Crippen molar-refractivity contribution in [2.24, 2.45) is 7.05 Å². The van der Waals surface area contributed by atoms with Crippen molar-refractivity contribution in [2.75, 3.05) is 13.1 Å². The molecule has 22 heavy (non-hydrogen) atoms. The summed E-state index contributed by atoms with van der Waals surface area (Å²) in [5, 5.41) is 23.9. The normalized spacial score (nSPS) is 22.8. The average molecular weight is 325 g/mol. The third-order valence-corrected chi connectivity index (χ3v) is 4.54. The zero-order chi connectivity index (χ0) is 15.9. The number of halogens is 1. The molecule has 7 nitrogen and oxygen atoms in total. The van der Waals surface area contributed by atoms with E-state index in [2.05, 4.69) is 20.3 Å². The monoisotopic (exact) mass is 324 g/mol. The lowest BCUT2D eigenvalue weighted by molar-refractivity contribution is 0.0406. The fraction of sp³-hybridized carbons (Fsp3) is 0.643. The van der Waals surface area contributed by atoms with Crippen LogP contribution < -0.4 is 0 Å². The fourth-order valence-electron chi connectivity index (χ4n) is 2.78. The molecule has 0 bridgehead atoms. The van der Waals surface area contributed by atoms with Crippen molar-refractivity contribution < 1.29 is 5.11 Å². The van der Waals surface area contributed by atoms with E-state index >= 15 is 0 Å². The number of nitrogens with zero attached hydrogens (tertiary/aromatic N) is 6. The van der Waals surface area contributed by atoms with Gasteiger partial charge in [-0.05, 0) is 20.3 Å². The first kappa shape index (κ1) is 15.5. The van der Waals surface area contributed by atoms with Gasteiger partial charge in [-0.25, -0.2) is 4.68 Å². The van der Waals surface area contributed by atoms with Crippen LogP contribution in [0.3, 0.4) is 0 Å². The van der Waals surface area contributed by atoms with Gasteiger partial charge in [0.2, 0.25) is 0 Å². The van der Waals surface area contributed by atoms with E-state index in [9.17, 15) is 5.11 Å². The molecule has 1 unspecified atom stereocenters. The van der Waals surface area contributed by atoms with E-state index in [0.717, 1.165) is 12.2 Å². The van der Waals surface area contributed by atoms with Crippen LogP contribution >= 0.6 is 11.6 Å². The number of aryl methyl sites for hydroxylation is 1. The van der Waals surface area contributed by atoms with Crippen LogP contribution in [0.4, 0.5) is 0 Å². The first-order valence-electron chi connectivity index (χ1n) is 7.42. The van der Waals surface area contributed by atoms with Crippen LogP contribution in [0.5, 0.6) is 0 Å². The standard InChI is InChI=1S/C14H21ClN6O/c1-10(2)21-8-13(17-18-21)14(22)4-5-20(9-14)7-12-11(15)6-16-19(12)3/h6,8,10,22H,4-5,7,9H2,1-3H3. The molecule has 0 saturated carbocycles. The number of rotatable bonds is 4. The highest BCUT2D eigenvalue weighted by molar-refractivity contribution is 6.31. The minimum absolute atomic E-state index is 0.232. The Morgan fingerprint density at radius 2 is 2.23 bits per heavy atom. The minimum Gasteiger partial charge on any atom is -0.382 e. The summed E-state index contributed by atoms with van der Waals surface area (Å²) < 4.78 is 3.54. The molecular formula is C14H21ClN6O. The number of aromatic nitrogens is 5. The van der Waals surface area contributed by atoms with Gasteiger partial charge >= 0.3 is 0 Å². The summed E-state index contributed by atoms with van der Waals surface area (Å²) in [7, 11) is 1.87. The number of likely N-dealkylation sites (tertiary alicyclic amines) is 1. The van der Waals surface area contributed by atoms with Crippen LogP contribution in [0.25, 0.3) is 0 Å². The Balaban J connectivity index is 1.73. The molecule has 1 saturated heterocycles. The van der Waals surface area contributed by atoms with Crippen molar-refractivity contribution >= 4 is 11.6 Å². The number of hydrogen-bond acceptors (Lipinski definition) is 5. The van der Waals surface area contributed by atoms with Crippen LogP contribution in [-0.4, -0.2) is 47.9 Å². The molecule has 1 aliphatic heterocycles. The molecule has 1 atom stereocenters. The SMILES string of the molecule is CC(C)n1cc(C2(O)CCN(Cc3c(Cl)cnn3C)C2)nn1. The highest BCUT2D eigenvalue weighted by Gasteiger charge is 2.40. The van der Waals surface area contributed by atoms with Gasteiger partial charge < -0.3 is 5.11 Å². The van der Waals surface area contributed by atoms with E-state index in [0.29, 0.717) is 30.2 Å². The molecule has 0 radical (unpaired) electrons. The molecule has 0 aromatic carbocycles. The number of hydrogen-bond donors (Lipinski definition) is 1. The Hall–Kier alpha value is -1.44. The van der Waals surface area contributed by atoms with E-state index in [-0.39, 0.29) is 6.04 Å². The van der Waals surface area contributed by atoms with Gasteiger partial charge in [0.15, 0.2) is 0 Å². The second-order valence-electron chi connectivity index (χ2n) is 6.23. The van der Waals surface area contributed by atoms with Gasteiger partial charge in [-0.3, -0.25) is 9.58 Å². The second-order valence-corrected chi connectivity index (χ2v) is 6.64. The summed E-state index contributed by atoms with van der Waals surface area (Å²) in [6.07, 6.45) is 4.12. The van der Waals surface area contributed by atoms with Crippen LogP contribution in [0.2, 0.25) is 5.02 Å². The van der Waals surface area contributed by atoms with Gasteiger partial charge in [0, 0.05) is 32.7 Å². The summed E-state index contributed by atoms with van der Waals surface area (Å²) in [5.74, 6) is 0. The van der Waals surface area contributed by atoms with Gasteiger partial charge in [0.1, 0.15) is 11.3 Å². The smallest absolute Gasteiger partial charge is 0.124 e. The molecule has 2 aromatic heterocycles. The first-order valence-corrected chi connectivity index (χ1v) is 7.80. The maximum atomic E-state index is 10.9. The lowest BCUT2D eigenvalue weighted by atomic mass is 10.00. The molecule has 0 aliphatic carbocycles. The van der Waals surface area contributed by atoms with E-state index in [1.54, 1.807) is 15.6 Å². The zero-order valence-corrected chi connectivity index (χ0v) is 13.8. The van der Waals surface area contributed by atoms with Crippen LogP contribution in [0, 0.1) is 0 Å². The molecular weight excluding hydrogens is 304 g/mol. The lowest BCUT2D eigenvalue weighted by Gasteiger charge is -2.21. The lowest BCUT2D eigenvalue weighted by Crippen LogP contribution is -2.31. The molecule has 8 heteroatoms. The average Bonchev–Trinajstić information content (AvgIpc) is 3.15. The predicted octanol–water partition coefficient (Wildman–Crippen LogP) is 1.34. The Bertz CT molecular complexity index is 647. The third kappa shape index (κ3) is 2.76. The highest BCUT2D eigenvalue weighted by atomic mass is 35.5.